The Balaban J connectivity index is 1.15. The number of hydrogen-bond donors (Lipinski definition) is 0. The first-order valence-corrected chi connectivity index (χ1v) is 13.3. The zero-order chi connectivity index (χ0) is 26.4. The minimum atomic E-state index is -4.52. The Morgan fingerprint density at radius 3 is 2.68 bits per heavy atom. The van der Waals surface area contributed by atoms with E-state index in [2.05, 4.69) is 19.9 Å². The molecule has 4 heterocycles. The number of ether oxygens (including phenoxy) is 1. The molecule has 7 nitrogen and oxygen atoms in total. The second kappa shape index (κ2) is 10.0. The quantitative estimate of drug-likeness (QED) is 0.429. The highest BCUT2D eigenvalue weighted by Crippen LogP contribution is 2.35. The van der Waals surface area contributed by atoms with E-state index in [0.29, 0.717) is 16.5 Å². The lowest BCUT2D eigenvalue weighted by Crippen LogP contribution is -2.62. The summed E-state index contributed by atoms with van der Waals surface area (Å²) in [5, 5.41) is 5.82. The zero-order valence-electron chi connectivity index (χ0n) is 20.1. The second-order valence-corrected chi connectivity index (χ2v) is 10.9. The maximum absolute atomic E-state index is 13.5. The first kappa shape index (κ1) is 25.4. The van der Waals surface area contributed by atoms with Crippen molar-refractivity contribution < 1.29 is 22.7 Å². The number of likely N-dealkylation sites (tertiary alicyclic amines) is 1. The number of benzene rings is 2. The molecule has 6 rings (SSSR count). The van der Waals surface area contributed by atoms with E-state index in [1.165, 1.54) is 28.6 Å². The summed E-state index contributed by atoms with van der Waals surface area (Å²) in [5.41, 5.74) is 0.785. The van der Waals surface area contributed by atoms with Gasteiger partial charge in [-0.05, 0) is 53.2 Å². The lowest BCUT2D eigenvalue weighted by molar-refractivity contribution is -0.138. The molecule has 0 radical (unpaired) electrons. The van der Waals surface area contributed by atoms with Crippen LogP contribution in [0.15, 0.2) is 52.5 Å². The van der Waals surface area contributed by atoms with E-state index in [9.17, 15) is 18.0 Å². The van der Waals surface area contributed by atoms with E-state index in [0.717, 1.165) is 61.6 Å². The molecule has 198 valence electrons. The Morgan fingerprint density at radius 2 is 1.92 bits per heavy atom. The summed E-state index contributed by atoms with van der Waals surface area (Å²) < 4.78 is 47.5. The van der Waals surface area contributed by atoms with Gasteiger partial charge in [-0.3, -0.25) is 14.4 Å². The van der Waals surface area contributed by atoms with Crippen LogP contribution in [0.2, 0.25) is 5.02 Å². The van der Waals surface area contributed by atoms with Gasteiger partial charge >= 0.3 is 6.18 Å². The van der Waals surface area contributed by atoms with Crippen LogP contribution in [-0.4, -0.2) is 76.1 Å². The van der Waals surface area contributed by atoms with Crippen molar-refractivity contribution in [1.29, 1.82) is 0 Å². The molecule has 38 heavy (non-hydrogen) atoms. The zero-order valence-corrected chi connectivity index (χ0v) is 21.7. The van der Waals surface area contributed by atoms with Crippen LogP contribution in [0.3, 0.4) is 0 Å². The maximum Gasteiger partial charge on any atom is 0.416 e. The Morgan fingerprint density at radius 1 is 1.13 bits per heavy atom. The van der Waals surface area contributed by atoms with Crippen molar-refractivity contribution in [3.8, 4) is 0 Å². The molecule has 2 saturated heterocycles. The molecule has 0 bridgehead atoms. The number of aliphatic imine (C=N–C) groups is 1. The van der Waals surface area contributed by atoms with Crippen LogP contribution < -0.4 is 0 Å². The number of nitrogens with zero attached hydrogens (tertiary/aromatic N) is 5. The molecular formula is C26H23ClF3N5O2S. The Kier molecular flexibility index (Phi) is 6.71. The summed E-state index contributed by atoms with van der Waals surface area (Å²) in [5.74, 6) is -0.266. The Labute approximate surface area is 225 Å². The van der Waals surface area contributed by atoms with Crippen molar-refractivity contribution in [3.05, 3.63) is 69.2 Å². The number of carbonyl (C=O) groups excluding carboxylic acids is 1. The average Bonchev–Trinajstić information content (AvgIpc) is 3.42. The third-order valence-electron chi connectivity index (χ3n) is 6.97. The van der Waals surface area contributed by atoms with Crippen LogP contribution in [0.25, 0.3) is 17.0 Å². The van der Waals surface area contributed by atoms with Crippen LogP contribution in [0.5, 0.6) is 0 Å². The molecule has 0 N–H and O–H groups in total. The smallest absolute Gasteiger partial charge is 0.379 e. The Bertz CT molecular complexity index is 1460. The first-order chi connectivity index (χ1) is 18.2. The topological polar surface area (TPSA) is 63.0 Å². The summed E-state index contributed by atoms with van der Waals surface area (Å²) in [6.45, 7) is 5.03. The van der Waals surface area contributed by atoms with Crippen LogP contribution >= 0.6 is 23.4 Å². The summed E-state index contributed by atoms with van der Waals surface area (Å²) in [4.78, 5) is 21.9. The summed E-state index contributed by atoms with van der Waals surface area (Å²) in [6.07, 6.45) is -1.12. The predicted octanol–water partition coefficient (Wildman–Crippen LogP) is 4.74. The molecule has 0 spiro atoms. The van der Waals surface area contributed by atoms with Gasteiger partial charge in [-0.15, -0.1) is 0 Å². The van der Waals surface area contributed by atoms with Crippen LogP contribution in [0.4, 0.5) is 13.2 Å². The SMILES string of the molecule is O=C1N=C(N2CC(N3CCOCC3)C2)SC1=Cc1ccc2c(cnn2Cc2ccc(Cl)cc2C(F)(F)F)c1. The van der Waals surface area contributed by atoms with Crippen molar-refractivity contribution in [2.75, 3.05) is 39.4 Å². The van der Waals surface area contributed by atoms with Crippen molar-refractivity contribution >= 4 is 51.4 Å². The highest BCUT2D eigenvalue weighted by Gasteiger charge is 2.37. The number of thioether (sulfide) groups is 1. The molecule has 12 heteroatoms. The highest BCUT2D eigenvalue weighted by atomic mass is 35.5. The molecule has 3 aromatic rings. The van der Waals surface area contributed by atoms with E-state index < -0.39 is 11.7 Å². The minimum absolute atomic E-state index is 0.0292. The van der Waals surface area contributed by atoms with Gasteiger partial charge in [0.25, 0.3) is 5.91 Å². The summed E-state index contributed by atoms with van der Waals surface area (Å²) >= 11 is 7.17. The molecule has 0 aliphatic carbocycles. The van der Waals surface area contributed by atoms with Gasteiger partial charge in [0, 0.05) is 42.6 Å². The lowest BCUT2D eigenvalue weighted by Gasteiger charge is -2.47. The molecule has 2 fully saturated rings. The highest BCUT2D eigenvalue weighted by molar-refractivity contribution is 8.18. The van der Waals surface area contributed by atoms with Crippen LogP contribution in [-0.2, 0) is 22.3 Å². The minimum Gasteiger partial charge on any atom is -0.379 e. The van der Waals surface area contributed by atoms with Gasteiger partial charge in [-0.25, -0.2) is 0 Å². The van der Waals surface area contributed by atoms with Gasteiger partial charge in [0.1, 0.15) is 0 Å². The van der Waals surface area contributed by atoms with Gasteiger partial charge in [0.15, 0.2) is 5.17 Å². The number of fused-ring (bicyclic) bond motifs is 1. The number of halogens is 4. The molecule has 0 atom stereocenters. The molecule has 0 unspecified atom stereocenters. The average molecular weight is 562 g/mol. The number of alkyl halides is 3. The normalized spacial score (nSPS) is 20.4. The van der Waals surface area contributed by atoms with E-state index >= 15 is 0 Å². The fourth-order valence-corrected chi connectivity index (χ4v) is 6.01. The van der Waals surface area contributed by atoms with Gasteiger partial charge in [0.05, 0.1) is 41.9 Å². The number of carbonyl (C=O) groups is 1. The third-order valence-corrected chi connectivity index (χ3v) is 8.24. The van der Waals surface area contributed by atoms with E-state index in [1.807, 2.05) is 12.1 Å². The van der Waals surface area contributed by atoms with Crippen molar-refractivity contribution in [1.82, 2.24) is 19.6 Å². The number of aromatic nitrogens is 2. The number of rotatable bonds is 4. The second-order valence-electron chi connectivity index (χ2n) is 9.44. The largest absolute Gasteiger partial charge is 0.416 e. The van der Waals surface area contributed by atoms with Gasteiger partial charge in [-0.2, -0.15) is 23.3 Å². The van der Waals surface area contributed by atoms with E-state index in [-0.39, 0.29) is 23.0 Å². The Hall–Kier alpha value is -2.86. The molecule has 1 aromatic heterocycles. The number of hydrogen-bond acceptors (Lipinski definition) is 6. The van der Waals surface area contributed by atoms with E-state index in [1.54, 1.807) is 18.3 Å². The van der Waals surface area contributed by atoms with Crippen molar-refractivity contribution in [2.24, 2.45) is 4.99 Å². The third kappa shape index (κ3) is 5.07. The van der Waals surface area contributed by atoms with Crippen molar-refractivity contribution in [3.63, 3.8) is 0 Å². The van der Waals surface area contributed by atoms with Crippen LogP contribution in [0, 0.1) is 0 Å². The standard InChI is InChI=1S/C26H23ClF3N5O2S/c27-19-3-2-17(21(11-19)26(28,29)30)13-35-22-4-1-16(9-18(22)12-31-35)10-23-24(36)32-25(38-23)34-14-20(15-34)33-5-7-37-8-6-33/h1-4,9-12,20H,5-8,13-15H2. The van der Waals surface area contributed by atoms with E-state index in [4.69, 9.17) is 16.3 Å². The molecular weight excluding hydrogens is 539 g/mol. The fraction of sp³-hybridized carbons (Fsp3) is 0.346. The predicted molar refractivity (Wildman–Crippen MR) is 141 cm³/mol. The molecule has 0 saturated carbocycles. The first-order valence-electron chi connectivity index (χ1n) is 12.1. The summed E-state index contributed by atoms with van der Waals surface area (Å²) in [6, 6.07) is 9.70. The van der Waals surface area contributed by atoms with Gasteiger partial charge < -0.3 is 9.64 Å². The van der Waals surface area contributed by atoms with Gasteiger partial charge in [-0.1, -0.05) is 23.7 Å². The van der Waals surface area contributed by atoms with Crippen LogP contribution in [0.1, 0.15) is 16.7 Å². The lowest BCUT2D eigenvalue weighted by atomic mass is 10.1. The molecule has 1 amide bonds. The van der Waals surface area contributed by atoms with Crippen molar-refractivity contribution in [2.45, 2.75) is 18.8 Å². The number of morpholine rings is 1. The van der Waals surface area contributed by atoms with Gasteiger partial charge in [0.2, 0.25) is 0 Å². The number of amidine groups is 1. The fourth-order valence-electron chi connectivity index (χ4n) is 4.90. The molecule has 2 aromatic carbocycles. The monoisotopic (exact) mass is 561 g/mol. The molecule has 3 aliphatic rings. The summed E-state index contributed by atoms with van der Waals surface area (Å²) in [7, 11) is 0. The number of amides is 1. The maximum atomic E-state index is 13.5. The molecule has 3 aliphatic heterocycles.